The minimum Gasteiger partial charge on any atom is -0.507 e. The maximum Gasteiger partial charge on any atom is 0.300 e. The fourth-order valence-corrected chi connectivity index (χ4v) is 4.75. The van der Waals surface area contributed by atoms with Crippen molar-refractivity contribution in [1.82, 2.24) is 0 Å². The van der Waals surface area contributed by atoms with Crippen molar-refractivity contribution in [3.05, 3.63) is 106 Å². The molecule has 3 aromatic rings. The highest BCUT2D eigenvalue weighted by Gasteiger charge is 2.47. The summed E-state index contributed by atoms with van der Waals surface area (Å²) < 4.78 is 28.9. The minimum atomic E-state index is -1.23. The van der Waals surface area contributed by atoms with Crippen molar-refractivity contribution in [3.63, 3.8) is 0 Å². The van der Waals surface area contributed by atoms with Gasteiger partial charge in [-0.2, -0.15) is 0 Å². The number of aryl methyl sites for hydroxylation is 2. The van der Waals surface area contributed by atoms with Crippen molar-refractivity contribution < 1.29 is 23.5 Å². The van der Waals surface area contributed by atoms with Crippen LogP contribution >= 0.6 is 0 Å². The zero-order chi connectivity index (χ0) is 23.1. The number of nitrogens with zero attached hydrogens (tertiary/aromatic N) is 1. The lowest BCUT2D eigenvalue weighted by Gasteiger charge is -2.26. The first kappa shape index (κ1) is 21.1. The molecule has 1 aliphatic carbocycles. The summed E-state index contributed by atoms with van der Waals surface area (Å²) in [6.07, 6.45) is 3.96. The quantitative estimate of drug-likeness (QED) is 0.330. The average Bonchev–Trinajstić information content (AvgIpc) is 3.09. The van der Waals surface area contributed by atoms with Gasteiger partial charge in [0.1, 0.15) is 17.4 Å². The van der Waals surface area contributed by atoms with E-state index in [1.54, 1.807) is 12.1 Å². The molecule has 3 aromatic carbocycles. The van der Waals surface area contributed by atoms with Crippen molar-refractivity contribution in [3.8, 4) is 0 Å². The van der Waals surface area contributed by atoms with Crippen molar-refractivity contribution in [2.24, 2.45) is 0 Å². The minimum absolute atomic E-state index is 0.0421. The Morgan fingerprint density at radius 2 is 1.64 bits per heavy atom. The number of halogens is 2. The van der Waals surface area contributed by atoms with Crippen LogP contribution in [0.25, 0.3) is 5.76 Å². The Hall–Kier alpha value is -3.80. The summed E-state index contributed by atoms with van der Waals surface area (Å²) >= 11 is 0. The summed E-state index contributed by atoms with van der Waals surface area (Å²) in [5.74, 6) is -3.50. The molecular formula is C27H21F2NO3. The van der Waals surface area contributed by atoms with Crippen LogP contribution in [-0.2, 0) is 22.4 Å². The van der Waals surface area contributed by atoms with Crippen molar-refractivity contribution >= 4 is 23.1 Å². The first-order chi connectivity index (χ1) is 16.0. The maximum absolute atomic E-state index is 14.9. The van der Waals surface area contributed by atoms with Crippen LogP contribution in [0, 0.1) is 11.6 Å². The highest BCUT2D eigenvalue weighted by Crippen LogP contribution is 2.43. The number of hydrogen-bond donors (Lipinski definition) is 1. The van der Waals surface area contributed by atoms with E-state index in [1.165, 1.54) is 42.0 Å². The molecule has 1 saturated heterocycles. The van der Waals surface area contributed by atoms with E-state index in [0.29, 0.717) is 5.56 Å². The van der Waals surface area contributed by atoms with Gasteiger partial charge in [0.05, 0.1) is 11.6 Å². The van der Waals surface area contributed by atoms with Crippen LogP contribution < -0.4 is 4.90 Å². The Morgan fingerprint density at radius 3 is 2.39 bits per heavy atom. The number of amides is 1. The lowest BCUT2D eigenvalue weighted by atomic mass is 9.88. The van der Waals surface area contributed by atoms with E-state index in [9.17, 15) is 23.5 Å². The molecule has 0 bridgehead atoms. The van der Waals surface area contributed by atoms with Gasteiger partial charge in [-0.05, 0) is 67.1 Å². The first-order valence-corrected chi connectivity index (χ1v) is 10.9. The summed E-state index contributed by atoms with van der Waals surface area (Å²) in [5, 5.41) is 11.2. The van der Waals surface area contributed by atoms with E-state index in [-0.39, 0.29) is 22.6 Å². The highest BCUT2D eigenvalue weighted by atomic mass is 19.1. The van der Waals surface area contributed by atoms with Crippen LogP contribution in [0.15, 0.2) is 72.3 Å². The van der Waals surface area contributed by atoms with Crippen molar-refractivity contribution in [2.45, 2.75) is 31.7 Å². The number of anilines is 1. The number of carbonyl (C=O) groups is 2. The highest BCUT2D eigenvalue weighted by molar-refractivity contribution is 6.51. The van der Waals surface area contributed by atoms with Crippen LogP contribution in [0.4, 0.5) is 14.5 Å². The Balaban J connectivity index is 1.72. The second-order valence-electron chi connectivity index (χ2n) is 8.36. The van der Waals surface area contributed by atoms with Crippen LogP contribution in [0.3, 0.4) is 0 Å². The molecule has 0 spiro atoms. The molecule has 1 aliphatic heterocycles. The van der Waals surface area contributed by atoms with Gasteiger partial charge in [0.25, 0.3) is 11.7 Å². The standard InChI is InChI=1S/C27H21F2NO3/c28-19-8-5-9-20(15-19)30-24(21-10-3-4-11-22(21)29)23(26(32)27(30)33)25(31)18-13-12-16-6-1-2-7-17(16)14-18/h3-5,8-15,24,31H,1-2,6-7H2/b25-23+. The largest absolute Gasteiger partial charge is 0.507 e. The summed E-state index contributed by atoms with van der Waals surface area (Å²) in [5.41, 5.74) is 2.62. The molecule has 1 amide bonds. The summed E-state index contributed by atoms with van der Waals surface area (Å²) in [7, 11) is 0. The fourth-order valence-electron chi connectivity index (χ4n) is 4.75. The molecule has 33 heavy (non-hydrogen) atoms. The van der Waals surface area contributed by atoms with Gasteiger partial charge in [0.2, 0.25) is 0 Å². The van der Waals surface area contributed by atoms with Gasteiger partial charge in [-0.15, -0.1) is 0 Å². The number of fused-ring (bicyclic) bond motifs is 1. The van der Waals surface area contributed by atoms with E-state index < -0.39 is 29.4 Å². The lowest BCUT2D eigenvalue weighted by molar-refractivity contribution is -0.132. The third kappa shape index (κ3) is 3.61. The van der Waals surface area contributed by atoms with Gasteiger partial charge >= 0.3 is 0 Å². The van der Waals surface area contributed by atoms with E-state index in [0.717, 1.165) is 42.2 Å². The smallest absolute Gasteiger partial charge is 0.300 e. The van der Waals surface area contributed by atoms with Gasteiger partial charge in [-0.3, -0.25) is 14.5 Å². The molecule has 4 nitrogen and oxygen atoms in total. The van der Waals surface area contributed by atoms with Crippen LogP contribution in [0.1, 0.15) is 41.1 Å². The maximum atomic E-state index is 14.9. The Bertz CT molecular complexity index is 1310. The fraction of sp³-hybridized carbons (Fsp3) is 0.185. The van der Waals surface area contributed by atoms with Gasteiger partial charge in [-0.1, -0.05) is 36.4 Å². The molecule has 0 aromatic heterocycles. The number of ketones is 1. The number of benzene rings is 3. The summed E-state index contributed by atoms with van der Waals surface area (Å²) in [6.45, 7) is 0. The molecule has 0 saturated carbocycles. The van der Waals surface area contributed by atoms with Gasteiger partial charge in [0, 0.05) is 16.8 Å². The Labute approximate surface area is 189 Å². The number of aliphatic hydroxyl groups excluding tert-OH is 1. The third-order valence-corrected chi connectivity index (χ3v) is 6.35. The molecule has 1 N–H and O–H groups in total. The first-order valence-electron chi connectivity index (χ1n) is 10.9. The monoisotopic (exact) mass is 445 g/mol. The van der Waals surface area contributed by atoms with Crippen LogP contribution in [-0.4, -0.2) is 16.8 Å². The van der Waals surface area contributed by atoms with Crippen molar-refractivity contribution in [2.75, 3.05) is 4.90 Å². The molecule has 2 aliphatic rings. The Kier molecular flexibility index (Phi) is 5.29. The summed E-state index contributed by atoms with van der Waals surface area (Å²) in [6, 6.07) is 15.2. The zero-order valence-corrected chi connectivity index (χ0v) is 17.7. The van der Waals surface area contributed by atoms with Gasteiger partial charge in [0.15, 0.2) is 0 Å². The molecule has 1 fully saturated rings. The van der Waals surface area contributed by atoms with E-state index in [4.69, 9.17) is 0 Å². The van der Waals surface area contributed by atoms with E-state index >= 15 is 0 Å². The predicted octanol–water partition coefficient (Wildman–Crippen LogP) is 5.47. The van der Waals surface area contributed by atoms with E-state index in [1.807, 2.05) is 12.1 Å². The molecular weight excluding hydrogens is 424 g/mol. The third-order valence-electron chi connectivity index (χ3n) is 6.35. The van der Waals surface area contributed by atoms with Gasteiger partial charge < -0.3 is 5.11 Å². The second-order valence-corrected chi connectivity index (χ2v) is 8.36. The molecule has 1 unspecified atom stereocenters. The number of hydrogen-bond acceptors (Lipinski definition) is 3. The topological polar surface area (TPSA) is 57.6 Å². The number of carbonyl (C=O) groups excluding carboxylic acids is 2. The van der Waals surface area contributed by atoms with Crippen LogP contribution in [0.5, 0.6) is 0 Å². The molecule has 166 valence electrons. The molecule has 6 heteroatoms. The normalized spacial score (nSPS) is 19.6. The summed E-state index contributed by atoms with van der Waals surface area (Å²) in [4.78, 5) is 27.3. The Morgan fingerprint density at radius 1 is 0.879 bits per heavy atom. The number of Topliss-reactive ketones (excluding diaryl/α,β-unsaturated/α-hetero) is 1. The average molecular weight is 445 g/mol. The molecule has 1 heterocycles. The SMILES string of the molecule is O=C1C(=O)N(c2cccc(F)c2)C(c2ccccc2F)/C1=C(\O)c1ccc2c(c1)CCCC2. The second kappa shape index (κ2) is 8.28. The molecule has 0 radical (unpaired) electrons. The molecule has 5 rings (SSSR count). The number of rotatable bonds is 3. The zero-order valence-electron chi connectivity index (χ0n) is 17.7. The number of aliphatic hydroxyl groups is 1. The van der Waals surface area contributed by atoms with Crippen LogP contribution in [0.2, 0.25) is 0 Å². The molecule has 1 atom stereocenters. The van der Waals surface area contributed by atoms with Gasteiger partial charge in [-0.25, -0.2) is 8.78 Å². The van der Waals surface area contributed by atoms with E-state index in [2.05, 4.69) is 0 Å². The van der Waals surface area contributed by atoms with Crippen molar-refractivity contribution in [1.29, 1.82) is 0 Å². The predicted molar refractivity (Wildman–Crippen MR) is 121 cm³/mol. The lowest BCUT2D eigenvalue weighted by Crippen LogP contribution is -2.30.